The molecule has 0 aromatic carbocycles. The maximum absolute atomic E-state index is 10.1. The average molecular weight is 297 g/mol. The average Bonchev–Trinajstić information content (AvgIpc) is 2.25. The molecule has 104 valence electrons. The number of nitrogens with zero attached hydrogens (tertiary/aromatic N) is 1. The van der Waals surface area contributed by atoms with Crippen LogP contribution < -0.4 is 0 Å². The van der Waals surface area contributed by atoms with E-state index >= 15 is 0 Å². The van der Waals surface area contributed by atoms with E-state index in [1.807, 2.05) is 18.2 Å². The van der Waals surface area contributed by atoms with Gasteiger partial charge in [0.05, 0.1) is 11.5 Å². The van der Waals surface area contributed by atoms with Crippen molar-refractivity contribution in [2.45, 2.75) is 12.8 Å². The van der Waals surface area contributed by atoms with Crippen molar-refractivity contribution in [3.8, 4) is 0 Å². The molecule has 18 heavy (non-hydrogen) atoms. The lowest BCUT2D eigenvalue weighted by molar-refractivity contribution is 0.473. The van der Waals surface area contributed by atoms with Gasteiger partial charge in [-0.3, -0.25) is 14.1 Å². The van der Waals surface area contributed by atoms with Crippen LogP contribution in [-0.4, -0.2) is 42.4 Å². The zero-order valence-electron chi connectivity index (χ0n) is 9.51. The van der Waals surface area contributed by atoms with Crippen LogP contribution >= 0.6 is 0 Å². The van der Waals surface area contributed by atoms with Gasteiger partial charge < -0.3 is 0 Å². The van der Waals surface area contributed by atoms with Gasteiger partial charge in [0, 0.05) is 12.4 Å². The van der Waals surface area contributed by atoms with Crippen LogP contribution in [0.4, 0.5) is 0 Å². The van der Waals surface area contributed by atoms with E-state index in [-0.39, 0.29) is 12.8 Å². The number of rotatable bonds is 5. The molecule has 0 aliphatic carbocycles. The normalized spacial score (nSPS) is 11.4. The van der Waals surface area contributed by atoms with Gasteiger partial charge in [0.2, 0.25) is 0 Å². The van der Waals surface area contributed by atoms with Gasteiger partial charge in [0.1, 0.15) is 0 Å². The Kier molecular flexibility index (Phi) is 7.67. The minimum atomic E-state index is -4.02. The SMILES string of the molecule is O=S(=O)(O)CCCCS(=O)(=O)O.c1ccncc1. The minimum Gasteiger partial charge on any atom is -0.286 e. The minimum absolute atomic E-state index is 0.0125. The highest BCUT2D eigenvalue weighted by Gasteiger charge is 2.07. The van der Waals surface area contributed by atoms with Crippen molar-refractivity contribution in [3.05, 3.63) is 30.6 Å². The van der Waals surface area contributed by atoms with E-state index in [4.69, 9.17) is 9.11 Å². The molecule has 0 radical (unpaired) electrons. The molecule has 2 N–H and O–H groups in total. The molecule has 7 nitrogen and oxygen atoms in total. The summed E-state index contributed by atoms with van der Waals surface area (Å²) in [5, 5.41) is 0. The molecule has 1 rings (SSSR count). The highest BCUT2D eigenvalue weighted by Crippen LogP contribution is 1.96. The standard InChI is InChI=1S/C5H5N.C4H10O6S2/c1-2-4-6-5-3-1;5-11(6,7)3-1-2-4-12(8,9)10/h1-5H;1-4H2,(H,5,6,7)(H,8,9,10). The Morgan fingerprint density at radius 3 is 1.33 bits per heavy atom. The maximum atomic E-state index is 10.1. The van der Waals surface area contributed by atoms with Crippen LogP contribution in [0.25, 0.3) is 0 Å². The Balaban J connectivity index is 0.000000397. The van der Waals surface area contributed by atoms with Gasteiger partial charge in [-0.25, -0.2) is 0 Å². The molecule has 1 aromatic heterocycles. The van der Waals surface area contributed by atoms with E-state index in [1.165, 1.54) is 0 Å². The van der Waals surface area contributed by atoms with E-state index in [0.29, 0.717) is 0 Å². The monoisotopic (exact) mass is 297 g/mol. The van der Waals surface area contributed by atoms with E-state index in [9.17, 15) is 16.8 Å². The van der Waals surface area contributed by atoms with E-state index in [2.05, 4.69) is 4.98 Å². The van der Waals surface area contributed by atoms with Crippen molar-refractivity contribution in [3.63, 3.8) is 0 Å². The molecule has 0 amide bonds. The third-order valence-corrected chi connectivity index (χ3v) is 3.23. The lowest BCUT2D eigenvalue weighted by atomic mass is 10.4. The second-order valence-corrected chi connectivity index (χ2v) is 6.45. The second-order valence-electron chi connectivity index (χ2n) is 3.30. The third kappa shape index (κ3) is 15.0. The van der Waals surface area contributed by atoms with Gasteiger partial charge in [0.25, 0.3) is 20.2 Å². The fourth-order valence-electron chi connectivity index (χ4n) is 0.882. The predicted octanol–water partition coefficient (Wildman–Crippen LogP) is 0.624. The van der Waals surface area contributed by atoms with Crippen LogP contribution in [0, 0.1) is 0 Å². The van der Waals surface area contributed by atoms with Crippen molar-refractivity contribution in [2.24, 2.45) is 0 Å². The van der Waals surface area contributed by atoms with Gasteiger partial charge >= 0.3 is 0 Å². The van der Waals surface area contributed by atoms with Crippen molar-refractivity contribution in [1.82, 2.24) is 4.98 Å². The lowest BCUT2D eigenvalue weighted by Gasteiger charge is -1.96. The molecule has 0 aliphatic heterocycles. The Labute approximate surface area is 106 Å². The van der Waals surface area contributed by atoms with E-state index in [0.717, 1.165) is 0 Å². The molecule has 0 aliphatic rings. The fourth-order valence-corrected chi connectivity index (χ4v) is 2.02. The van der Waals surface area contributed by atoms with Gasteiger partial charge in [-0.15, -0.1) is 0 Å². The molecule has 1 aromatic rings. The summed E-state index contributed by atoms with van der Waals surface area (Å²) >= 11 is 0. The number of aromatic nitrogens is 1. The molecular formula is C9H15NO6S2. The van der Waals surface area contributed by atoms with Crippen molar-refractivity contribution in [2.75, 3.05) is 11.5 Å². The van der Waals surface area contributed by atoms with Crippen LogP contribution in [0.2, 0.25) is 0 Å². The van der Waals surface area contributed by atoms with Crippen LogP contribution in [-0.2, 0) is 20.2 Å². The van der Waals surface area contributed by atoms with E-state index in [1.54, 1.807) is 12.4 Å². The molecule has 1 heterocycles. The first-order valence-electron chi connectivity index (χ1n) is 4.96. The molecule has 0 saturated carbocycles. The van der Waals surface area contributed by atoms with Gasteiger partial charge in [0.15, 0.2) is 0 Å². The highest BCUT2D eigenvalue weighted by molar-refractivity contribution is 7.86. The summed E-state index contributed by atoms with van der Waals surface area (Å²) in [6.07, 6.45) is 3.53. The number of pyridine rings is 1. The summed E-state index contributed by atoms with van der Waals surface area (Å²) in [6.45, 7) is 0. The number of unbranched alkanes of at least 4 members (excludes halogenated alkanes) is 1. The van der Waals surface area contributed by atoms with Gasteiger partial charge in [-0.1, -0.05) is 6.07 Å². The molecular weight excluding hydrogens is 282 g/mol. The van der Waals surface area contributed by atoms with Crippen LogP contribution in [0.3, 0.4) is 0 Å². The number of hydrogen-bond acceptors (Lipinski definition) is 5. The molecule has 0 saturated heterocycles. The Bertz CT molecular complexity index is 451. The smallest absolute Gasteiger partial charge is 0.264 e. The zero-order valence-corrected chi connectivity index (χ0v) is 11.1. The Morgan fingerprint density at radius 2 is 1.17 bits per heavy atom. The fraction of sp³-hybridized carbons (Fsp3) is 0.444. The second kappa shape index (κ2) is 8.14. The Hall–Kier alpha value is -1.03. The summed E-state index contributed by atoms with van der Waals surface area (Å²) in [4.78, 5) is 3.78. The summed E-state index contributed by atoms with van der Waals surface area (Å²) in [5.74, 6) is -0.967. The quantitative estimate of drug-likeness (QED) is 0.603. The molecule has 0 unspecified atom stereocenters. The first-order chi connectivity index (χ1) is 8.21. The Morgan fingerprint density at radius 1 is 0.778 bits per heavy atom. The lowest BCUT2D eigenvalue weighted by Crippen LogP contribution is -2.08. The molecule has 0 spiro atoms. The molecule has 9 heteroatoms. The van der Waals surface area contributed by atoms with Crippen molar-refractivity contribution >= 4 is 20.2 Å². The summed E-state index contributed by atoms with van der Waals surface area (Å²) in [6, 6.07) is 5.72. The third-order valence-electron chi connectivity index (χ3n) is 1.62. The maximum Gasteiger partial charge on any atom is 0.264 e. The van der Waals surface area contributed by atoms with Crippen LogP contribution in [0.1, 0.15) is 12.8 Å². The number of hydrogen-bond donors (Lipinski definition) is 2. The van der Waals surface area contributed by atoms with E-state index < -0.39 is 31.7 Å². The van der Waals surface area contributed by atoms with Crippen molar-refractivity contribution in [1.29, 1.82) is 0 Å². The van der Waals surface area contributed by atoms with Crippen LogP contribution in [0.15, 0.2) is 30.6 Å². The predicted molar refractivity (Wildman–Crippen MR) is 66.3 cm³/mol. The first kappa shape index (κ1) is 17.0. The van der Waals surface area contributed by atoms with Crippen LogP contribution in [0.5, 0.6) is 0 Å². The topological polar surface area (TPSA) is 122 Å². The van der Waals surface area contributed by atoms with Gasteiger partial charge in [-0.05, 0) is 25.0 Å². The molecule has 0 bridgehead atoms. The van der Waals surface area contributed by atoms with Crippen molar-refractivity contribution < 1.29 is 25.9 Å². The summed E-state index contributed by atoms with van der Waals surface area (Å²) < 4.78 is 56.8. The zero-order chi connectivity index (χ0) is 14.1. The summed E-state index contributed by atoms with van der Waals surface area (Å²) in [5.41, 5.74) is 0. The first-order valence-corrected chi connectivity index (χ1v) is 8.18. The summed E-state index contributed by atoms with van der Waals surface area (Å²) in [7, 11) is -8.04. The highest BCUT2D eigenvalue weighted by atomic mass is 32.2. The van der Waals surface area contributed by atoms with Gasteiger partial charge in [-0.2, -0.15) is 16.8 Å². The molecule has 0 atom stereocenters. The molecule has 0 fully saturated rings. The largest absolute Gasteiger partial charge is 0.286 e.